The maximum atomic E-state index is 13.6. The average Bonchev–Trinajstić information content (AvgIpc) is 2.95. The number of nitrogens with two attached hydrogens (primary N) is 2. The number of benzene rings is 2. The number of carbonyl (C=O) groups is 2. The van der Waals surface area contributed by atoms with Gasteiger partial charge in [-0.15, -0.1) is 0 Å². The molecule has 1 aliphatic heterocycles. The van der Waals surface area contributed by atoms with E-state index in [2.05, 4.69) is 9.71 Å². The van der Waals surface area contributed by atoms with E-state index in [4.69, 9.17) is 16.2 Å². The van der Waals surface area contributed by atoms with Gasteiger partial charge in [0.2, 0.25) is 15.9 Å². The van der Waals surface area contributed by atoms with Gasteiger partial charge in [-0.2, -0.15) is 4.72 Å². The third-order valence-corrected chi connectivity index (χ3v) is 9.06. The fraction of sp³-hybridized carbons (Fsp3) is 0.500. The van der Waals surface area contributed by atoms with Gasteiger partial charge in [-0.1, -0.05) is 56.3 Å². The van der Waals surface area contributed by atoms with Crippen LogP contribution in [0, 0.1) is 5.92 Å². The lowest BCUT2D eigenvalue weighted by atomic mass is 9.78. The van der Waals surface area contributed by atoms with Gasteiger partial charge in [-0.25, -0.2) is 8.42 Å². The third-order valence-electron chi connectivity index (χ3n) is 7.59. The second-order valence-electron chi connectivity index (χ2n) is 10.9. The number of amides is 1. The summed E-state index contributed by atoms with van der Waals surface area (Å²) in [7, 11) is -4.04. The number of ether oxygens (including phenoxy) is 1. The monoisotopic (exact) mass is 585 g/mol. The minimum absolute atomic E-state index is 0.0602. The Morgan fingerprint density at radius 1 is 1.07 bits per heavy atom. The van der Waals surface area contributed by atoms with Crippen LogP contribution in [0.4, 0.5) is 0 Å². The van der Waals surface area contributed by atoms with Crippen molar-refractivity contribution in [2.75, 3.05) is 26.2 Å². The van der Waals surface area contributed by atoms with Gasteiger partial charge in [0, 0.05) is 31.5 Å². The molecule has 1 heterocycles. The van der Waals surface area contributed by atoms with Crippen molar-refractivity contribution in [1.82, 2.24) is 9.62 Å². The van der Waals surface area contributed by atoms with E-state index in [-0.39, 0.29) is 41.6 Å². The summed E-state index contributed by atoms with van der Waals surface area (Å²) in [5.41, 5.74) is 12.3. The summed E-state index contributed by atoms with van der Waals surface area (Å²) in [6.45, 7) is 7.35. The third kappa shape index (κ3) is 9.02. The van der Waals surface area contributed by atoms with E-state index in [1.807, 2.05) is 50.2 Å². The van der Waals surface area contributed by atoms with Crippen molar-refractivity contribution in [3.8, 4) is 0 Å². The molecule has 0 spiro atoms. The molecule has 1 aliphatic rings. The summed E-state index contributed by atoms with van der Waals surface area (Å²) in [6.07, 6.45) is 2.26. The predicted octanol–water partition coefficient (Wildman–Crippen LogP) is 2.90. The molecule has 2 aromatic carbocycles. The summed E-state index contributed by atoms with van der Waals surface area (Å²) in [6, 6.07) is 15.7. The minimum atomic E-state index is -4.04. The van der Waals surface area contributed by atoms with Crippen molar-refractivity contribution < 1.29 is 22.7 Å². The predicted molar refractivity (Wildman–Crippen MR) is 160 cm³/mol. The number of piperidine rings is 1. The second kappa shape index (κ2) is 14.5. The molecule has 1 unspecified atom stereocenters. The van der Waals surface area contributed by atoms with Crippen LogP contribution >= 0.6 is 0 Å². The molecule has 10 nitrogen and oxygen atoms in total. The van der Waals surface area contributed by atoms with Crippen molar-refractivity contribution in [1.29, 1.82) is 0 Å². The van der Waals surface area contributed by atoms with E-state index in [9.17, 15) is 18.0 Å². The van der Waals surface area contributed by atoms with E-state index >= 15 is 0 Å². The van der Waals surface area contributed by atoms with Crippen LogP contribution < -0.4 is 16.2 Å². The Hall–Kier alpha value is -3.44. The van der Waals surface area contributed by atoms with Crippen LogP contribution in [0.15, 0.2) is 64.5 Å². The van der Waals surface area contributed by atoms with Gasteiger partial charge in [-0.05, 0) is 61.8 Å². The number of nitrogens with one attached hydrogen (secondary N) is 1. The van der Waals surface area contributed by atoms with Crippen LogP contribution in [-0.2, 0) is 29.8 Å². The molecule has 224 valence electrons. The lowest BCUT2D eigenvalue weighted by Gasteiger charge is -2.34. The summed E-state index contributed by atoms with van der Waals surface area (Å²) < 4.78 is 35.0. The molecule has 41 heavy (non-hydrogen) atoms. The molecular weight excluding hydrogens is 542 g/mol. The van der Waals surface area contributed by atoms with Crippen LogP contribution in [-0.4, -0.2) is 63.4 Å². The maximum absolute atomic E-state index is 13.6. The Morgan fingerprint density at radius 2 is 1.73 bits per heavy atom. The number of hydrogen-bond acceptors (Lipinski definition) is 6. The van der Waals surface area contributed by atoms with Crippen molar-refractivity contribution in [3.63, 3.8) is 0 Å². The minimum Gasteiger partial charge on any atom is -0.466 e. The van der Waals surface area contributed by atoms with Gasteiger partial charge in [0.05, 0.1) is 11.5 Å². The molecule has 2 aromatic rings. The first-order valence-electron chi connectivity index (χ1n) is 14.1. The molecule has 11 heteroatoms. The number of nitrogens with zero attached hydrogens (tertiary/aromatic N) is 2. The smallest absolute Gasteiger partial charge is 0.306 e. The first kappa shape index (κ1) is 32.1. The van der Waals surface area contributed by atoms with Gasteiger partial charge >= 0.3 is 5.97 Å². The number of esters is 1. The zero-order chi connectivity index (χ0) is 30.0. The normalized spacial score (nSPS) is 15.2. The maximum Gasteiger partial charge on any atom is 0.306 e. The molecule has 0 aliphatic carbocycles. The van der Waals surface area contributed by atoms with Crippen LogP contribution in [0.1, 0.15) is 64.0 Å². The Balaban J connectivity index is 1.77. The van der Waals surface area contributed by atoms with Gasteiger partial charge in [0.25, 0.3) is 0 Å². The highest BCUT2D eigenvalue weighted by Gasteiger charge is 2.33. The van der Waals surface area contributed by atoms with Gasteiger partial charge in [0.15, 0.2) is 5.96 Å². The standard InChI is InChI=1S/C30H43N5O5S/c1-4-40-27(36)20-22-15-18-35(19-16-22)28(37)26(14-9-17-33-29(31)32)34-41(38,39)25-13-8-12-24(21-25)30(2,3)23-10-6-5-7-11-23/h5-8,10-13,21-22,26,34H,4,9,14-20H2,1-3H3,(H4,31,32,33). The second-order valence-corrected chi connectivity index (χ2v) is 12.6. The summed E-state index contributed by atoms with van der Waals surface area (Å²) in [5, 5.41) is 0. The number of carbonyl (C=O) groups excluding carboxylic acids is 2. The molecule has 1 saturated heterocycles. The summed E-state index contributed by atoms with van der Waals surface area (Å²) in [4.78, 5) is 31.2. The first-order chi connectivity index (χ1) is 19.4. The lowest BCUT2D eigenvalue weighted by molar-refractivity contribution is -0.144. The first-order valence-corrected chi connectivity index (χ1v) is 15.6. The van der Waals surface area contributed by atoms with Gasteiger partial charge in [-0.3, -0.25) is 14.6 Å². The Labute approximate surface area is 243 Å². The quantitative estimate of drug-likeness (QED) is 0.141. The van der Waals surface area contributed by atoms with E-state index in [0.717, 1.165) is 11.1 Å². The van der Waals surface area contributed by atoms with Crippen LogP contribution in [0.25, 0.3) is 0 Å². The van der Waals surface area contributed by atoms with Gasteiger partial charge in [0.1, 0.15) is 6.04 Å². The zero-order valence-electron chi connectivity index (χ0n) is 24.2. The number of hydrogen-bond donors (Lipinski definition) is 3. The molecule has 0 bridgehead atoms. The molecule has 1 atom stereocenters. The van der Waals surface area contributed by atoms with Crippen LogP contribution in [0.3, 0.4) is 0 Å². The van der Waals surface area contributed by atoms with Crippen molar-refractivity contribution in [2.45, 2.75) is 69.2 Å². The number of aliphatic imine (C=N–C) groups is 1. The Morgan fingerprint density at radius 3 is 2.37 bits per heavy atom. The Kier molecular flexibility index (Phi) is 11.3. The fourth-order valence-corrected chi connectivity index (χ4v) is 6.37. The summed E-state index contributed by atoms with van der Waals surface area (Å²) >= 11 is 0. The van der Waals surface area contributed by atoms with Crippen LogP contribution in [0.5, 0.6) is 0 Å². The molecule has 0 saturated carbocycles. The van der Waals surface area contributed by atoms with Crippen LogP contribution in [0.2, 0.25) is 0 Å². The topological polar surface area (TPSA) is 157 Å². The summed E-state index contributed by atoms with van der Waals surface area (Å²) in [5.74, 6) is -0.463. The number of guanidine groups is 1. The highest BCUT2D eigenvalue weighted by Crippen LogP contribution is 2.32. The number of rotatable bonds is 13. The molecule has 0 aromatic heterocycles. The molecule has 0 radical (unpaired) electrons. The van der Waals surface area contributed by atoms with Gasteiger partial charge < -0.3 is 21.1 Å². The molecule has 1 amide bonds. The molecule has 3 rings (SSSR count). The SMILES string of the molecule is CCOC(=O)CC1CCN(C(=O)C(CCCN=C(N)N)NS(=O)(=O)c2cccc(C(C)(C)c3ccccc3)c2)CC1. The highest BCUT2D eigenvalue weighted by atomic mass is 32.2. The van der Waals surface area contributed by atoms with Crippen molar-refractivity contribution in [2.24, 2.45) is 22.4 Å². The molecular formula is C30H43N5O5S. The van der Waals surface area contributed by atoms with E-state index in [0.29, 0.717) is 45.4 Å². The van der Waals surface area contributed by atoms with E-state index in [1.54, 1.807) is 24.0 Å². The molecule has 1 fully saturated rings. The van der Waals surface area contributed by atoms with Crippen molar-refractivity contribution >= 4 is 27.9 Å². The highest BCUT2D eigenvalue weighted by molar-refractivity contribution is 7.89. The average molecular weight is 586 g/mol. The van der Waals surface area contributed by atoms with Crippen molar-refractivity contribution in [3.05, 3.63) is 65.7 Å². The lowest BCUT2D eigenvalue weighted by Crippen LogP contribution is -2.50. The molecule has 5 N–H and O–H groups in total. The largest absolute Gasteiger partial charge is 0.466 e. The number of sulfonamides is 1. The van der Waals surface area contributed by atoms with E-state index < -0.39 is 21.5 Å². The van der Waals surface area contributed by atoms with E-state index in [1.165, 1.54) is 6.07 Å². The fourth-order valence-electron chi connectivity index (χ4n) is 5.10. The Bertz CT molecular complexity index is 1300. The zero-order valence-corrected chi connectivity index (χ0v) is 25.0. The number of likely N-dealkylation sites (tertiary alicyclic amines) is 1.